The van der Waals surface area contributed by atoms with Crippen molar-refractivity contribution >= 4 is 21.4 Å². The van der Waals surface area contributed by atoms with Crippen LogP contribution in [0.2, 0.25) is 0 Å². The number of hydrogen-bond donors (Lipinski definition) is 0. The molecule has 4 rings (SSSR count). The molecule has 0 aliphatic carbocycles. The van der Waals surface area contributed by atoms with E-state index in [4.69, 9.17) is 0 Å². The quantitative estimate of drug-likeness (QED) is 0.830. The van der Waals surface area contributed by atoms with Crippen molar-refractivity contribution in [3.8, 4) is 11.1 Å². The molecule has 2 aliphatic rings. The number of allylic oxidation sites excluding steroid dienone is 2. The third-order valence-electron chi connectivity index (χ3n) is 4.22. The molecule has 0 aromatic heterocycles. The predicted molar refractivity (Wildman–Crippen MR) is 96.9 cm³/mol. The first-order valence-corrected chi connectivity index (χ1v) is 9.48. The van der Waals surface area contributed by atoms with Crippen LogP contribution in [-0.2, 0) is 10.0 Å². The van der Waals surface area contributed by atoms with E-state index in [9.17, 15) is 12.8 Å². The fourth-order valence-electron chi connectivity index (χ4n) is 2.98. The zero-order valence-electron chi connectivity index (χ0n) is 13.3. The number of hydrogen-bond acceptors (Lipinski definition) is 3. The Morgan fingerprint density at radius 1 is 1.04 bits per heavy atom. The maximum absolute atomic E-state index is 14.6. The molecule has 0 unspecified atom stereocenters. The van der Waals surface area contributed by atoms with Gasteiger partial charge in [0.05, 0.1) is 5.75 Å². The van der Waals surface area contributed by atoms with Crippen molar-refractivity contribution in [1.29, 1.82) is 0 Å². The Morgan fingerprint density at radius 3 is 2.60 bits per heavy atom. The lowest BCUT2D eigenvalue weighted by Crippen LogP contribution is -2.37. The van der Waals surface area contributed by atoms with Crippen LogP contribution in [0.5, 0.6) is 0 Å². The highest BCUT2D eigenvalue weighted by Crippen LogP contribution is 2.29. The average molecular weight is 354 g/mol. The molecule has 0 fully saturated rings. The second-order valence-corrected chi connectivity index (χ2v) is 7.63. The van der Waals surface area contributed by atoms with Crippen molar-refractivity contribution in [3.63, 3.8) is 0 Å². The molecule has 4 nitrogen and oxygen atoms in total. The Bertz CT molecular complexity index is 1020. The van der Waals surface area contributed by atoms with Gasteiger partial charge in [-0.2, -0.15) is 0 Å². The zero-order valence-corrected chi connectivity index (χ0v) is 14.1. The summed E-state index contributed by atoms with van der Waals surface area (Å²) in [5, 5.41) is 0. The molecule has 0 radical (unpaired) electrons. The topological polar surface area (TPSA) is 49.7 Å². The summed E-state index contributed by atoms with van der Waals surface area (Å²) in [7, 11) is -3.48. The van der Waals surface area contributed by atoms with Gasteiger partial charge in [-0.3, -0.25) is 0 Å². The van der Waals surface area contributed by atoms with E-state index in [0.717, 1.165) is 5.56 Å². The highest BCUT2D eigenvalue weighted by atomic mass is 32.2. The largest absolute Gasteiger partial charge is 0.331 e. The molecule has 0 N–H and O–H groups in total. The van der Waals surface area contributed by atoms with Gasteiger partial charge in [-0.15, -0.1) is 4.40 Å². The molecule has 2 heterocycles. The van der Waals surface area contributed by atoms with E-state index in [2.05, 4.69) is 4.40 Å². The lowest BCUT2D eigenvalue weighted by molar-refractivity contribution is 0.550. The SMILES string of the molecule is O=S1(=O)CCN2C=CC=C(c3ccc(-c4ccccc4)c(F)c3)C2=N1. The summed E-state index contributed by atoms with van der Waals surface area (Å²) in [5.74, 6) is -0.0271. The van der Waals surface area contributed by atoms with Crippen LogP contribution in [0.25, 0.3) is 16.7 Å². The molecule has 0 atom stereocenters. The summed E-state index contributed by atoms with van der Waals surface area (Å²) in [5.41, 5.74) is 2.50. The summed E-state index contributed by atoms with van der Waals surface area (Å²) >= 11 is 0. The maximum Gasteiger partial charge on any atom is 0.256 e. The summed E-state index contributed by atoms with van der Waals surface area (Å²) < 4.78 is 42.2. The number of sulfonamides is 1. The third kappa shape index (κ3) is 3.00. The van der Waals surface area contributed by atoms with Gasteiger partial charge in [0.15, 0.2) is 5.84 Å². The van der Waals surface area contributed by atoms with Crippen LogP contribution >= 0.6 is 0 Å². The molecule has 0 saturated carbocycles. The van der Waals surface area contributed by atoms with Gasteiger partial charge in [-0.1, -0.05) is 42.5 Å². The van der Waals surface area contributed by atoms with E-state index in [-0.39, 0.29) is 11.6 Å². The van der Waals surface area contributed by atoms with Crippen molar-refractivity contribution in [2.24, 2.45) is 4.40 Å². The van der Waals surface area contributed by atoms with Gasteiger partial charge in [0, 0.05) is 23.9 Å². The van der Waals surface area contributed by atoms with Gasteiger partial charge in [-0.05, 0) is 29.3 Å². The number of nitrogens with zero attached hydrogens (tertiary/aromatic N) is 2. The Labute approximate surface area is 145 Å². The Hall–Kier alpha value is -2.73. The summed E-state index contributed by atoms with van der Waals surface area (Å²) in [6.45, 7) is 0.347. The minimum Gasteiger partial charge on any atom is -0.331 e. The van der Waals surface area contributed by atoms with Crippen LogP contribution in [0.3, 0.4) is 0 Å². The van der Waals surface area contributed by atoms with E-state index < -0.39 is 10.0 Å². The highest BCUT2D eigenvalue weighted by molar-refractivity contribution is 7.90. The minimum absolute atomic E-state index is 0.0184. The standard InChI is InChI=1S/C19H15FN2O2S/c20-18-13-15(8-9-16(18)14-5-2-1-3-6-14)17-7-4-10-22-11-12-25(23,24)21-19(17)22/h1-10,13H,11-12H2. The van der Waals surface area contributed by atoms with Crippen molar-refractivity contribution in [3.05, 3.63) is 78.3 Å². The van der Waals surface area contributed by atoms with Crippen LogP contribution < -0.4 is 0 Å². The molecule has 6 heteroatoms. The lowest BCUT2D eigenvalue weighted by atomic mass is 9.97. The van der Waals surface area contributed by atoms with E-state index in [1.807, 2.05) is 36.4 Å². The summed E-state index contributed by atoms with van der Waals surface area (Å²) in [6.07, 6.45) is 5.36. The monoisotopic (exact) mass is 354 g/mol. The van der Waals surface area contributed by atoms with Crippen LogP contribution in [-0.4, -0.2) is 31.5 Å². The normalized spacial score (nSPS) is 18.4. The summed E-state index contributed by atoms with van der Waals surface area (Å²) in [4.78, 5) is 1.78. The van der Waals surface area contributed by atoms with Crippen LogP contribution in [0.4, 0.5) is 4.39 Å². The van der Waals surface area contributed by atoms with E-state index in [1.165, 1.54) is 6.07 Å². The first-order chi connectivity index (χ1) is 12.0. The van der Waals surface area contributed by atoms with Gasteiger partial charge >= 0.3 is 0 Å². The lowest BCUT2D eigenvalue weighted by Gasteiger charge is -2.29. The van der Waals surface area contributed by atoms with Crippen LogP contribution in [0.15, 0.2) is 71.3 Å². The van der Waals surface area contributed by atoms with E-state index in [0.29, 0.717) is 29.1 Å². The van der Waals surface area contributed by atoms with Crippen LogP contribution in [0, 0.1) is 5.82 Å². The molecular formula is C19H15FN2O2S. The van der Waals surface area contributed by atoms with Gasteiger partial charge in [-0.25, -0.2) is 12.8 Å². The fraction of sp³-hybridized carbons (Fsp3) is 0.105. The predicted octanol–water partition coefficient (Wildman–Crippen LogP) is 3.45. The second kappa shape index (κ2) is 5.97. The van der Waals surface area contributed by atoms with Gasteiger partial charge in [0.25, 0.3) is 10.0 Å². The van der Waals surface area contributed by atoms with Gasteiger partial charge in [0.1, 0.15) is 5.82 Å². The Morgan fingerprint density at radius 2 is 1.84 bits per heavy atom. The Kier molecular flexibility index (Phi) is 3.77. The van der Waals surface area contributed by atoms with E-state index >= 15 is 0 Å². The molecule has 2 aromatic rings. The zero-order chi connectivity index (χ0) is 17.4. The number of amidine groups is 1. The molecule has 25 heavy (non-hydrogen) atoms. The molecule has 0 saturated heterocycles. The molecule has 2 aliphatic heterocycles. The average Bonchev–Trinajstić information content (AvgIpc) is 2.61. The highest BCUT2D eigenvalue weighted by Gasteiger charge is 2.27. The van der Waals surface area contributed by atoms with Crippen molar-refractivity contribution < 1.29 is 12.8 Å². The molecule has 0 amide bonds. The second-order valence-electron chi connectivity index (χ2n) is 5.88. The van der Waals surface area contributed by atoms with Gasteiger partial charge in [0.2, 0.25) is 0 Å². The number of halogens is 1. The molecule has 2 aromatic carbocycles. The number of fused-ring (bicyclic) bond motifs is 1. The molecule has 126 valence electrons. The summed E-state index contributed by atoms with van der Waals surface area (Å²) in [6, 6.07) is 14.2. The molecule has 0 bridgehead atoms. The maximum atomic E-state index is 14.6. The third-order valence-corrected chi connectivity index (χ3v) is 5.37. The fourth-order valence-corrected chi connectivity index (χ4v) is 3.96. The van der Waals surface area contributed by atoms with E-state index in [1.54, 1.807) is 29.3 Å². The molecule has 0 spiro atoms. The number of benzene rings is 2. The first kappa shape index (κ1) is 15.8. The smallest absolute Gasteiger partial charge is 0.256 e. The van der Waals surface area contributed by atoms with Gasteiger partial charge < -0.3 is 4.90 Å². The minimum atomic E-state index is -3.48. The van der Waals surface area contributed by atoms with Crippen LogP contribution in [0.1, 0.15) is 5.56 Å². The van der Waals surface area contributed by atoms with Crippen molar-refractivity contribution in [2.45, 2.75) is 0 Å². The van der Waals surface area contributed by atoms with Crippen molar-refractivity contribution in [1.82, 2.24) is 4.90 Å². The van der Waals surface area contributed by atoms with Crippen molar-refractivity contribution in [2.75, 3.05) is 12.3 Å². The first-order valence-electron chi connectivity index (χ1n) is 7.87. The Balaban J connectivity index is 1.77. The number of rotatable bonds is 2. The molecular weight excluding hydrogens is 339 g/mol.